The Hall–Kier alpha value is 1.84. The van der Waals surface area contributed by atoms with Crippen molar-refractivity contribution < 1.29 is 4.74 Å². The van der Waals surface area contributed by atoms with Crippen LogP contribution in [0, 0.1) is 0 Å². The van der Waals surface area contributed by atoms with E-state index in [1.165, 1.54) is 0 Å². The van der Waals surface area contributed by atoms with Gasteiger partial charge in [0.2, 0.25) is 0 Å². The van der Waals surface area contributed by atoms with Crippen molar-refractivity contribution in [2.45, 2.75) is 0 Å². The minimum atomic E-state index is -0.292. The van der Waals surface area contributed by atoms with Crippen molar-refractivity contribution >= 4 is 43.4 Å². The molecule has 0 N–H and O–H groups in total. The van der Waals surface area contributed by atoms with Crippen LogP contribution in [-0.4, -0.2) is 33.6 Å². The molecule has 0 aromatic heterocycles. The van der Waals surface area contributed by atoms with Crippen LogP contribution in [0.1, 0.15) is 0 Å². The van der Waals surface area contributed by atoms with Gasteiger partial charge in [-0.2, -0.15) is 0 Å². The molecule has 2 radical (unpaired) electrons. The SMILES string of the molecule is COC.[Br][Pb][Br]. The van der Waals surface area contributed by atoms with Crippen LogP contribution in [-0.2, 0) is 4.74 Å². The molecule has 6 heavy (non-hydrogen) atoms. The molecule has 0 spiro atoms. The second-order valence-electron chi connectivity index (χ2n) is 0.480. The third-order valence-corrected chi connectivity index (χ3v) is 0. The van der Waals surface area contributed by atoms with Gasteiger partial charge in [0, 0.05) is 14.2 Å². The monoisotopic (exact) mass is 412 g/mol. The summed E-state index contributed by atoms with van der Waals surface area (Å²) in [4.78, 5) is 0. The molecule has 4 heteroatoms. The summed E-state index contributed by atoms with van der Waals surface area (Å²) in [6, 6.07) is 0. The Morgan fingerprint density at radius 2 is 1.33 bits per heavy atom. The van der Waals surface area contributed by atoms with E-state index in [9.17, 15) is 0 Å². The van der Waals surface area contributed by atoms with E-state index >= 15 is 0 Å². The summed E-state index contributed by atoms with van der Waals surface area (Å²) in [5.41, 5.74) is 0. The van der Waals surface area contributed by atoms with E-state index in [2.05, 4.69) is 28.7 Å². The second-order valence-corrected chi connectivity index (χ2v) is 17.3. The maximum absolute atomic E-state index is 4.25. The maximum atomic E-state index is 4.25. The molecular weight excluding hydrogens is 407 g/mol. The van der Waals surface area contributed by atoms with E-state index in [-0.39, 0.29) is 19.4 Å². The summed E-state index contributed by atoms with van der Waals surface area (Å²) in [5.74, 6) is 0. The third-order valence-electron chi connectivity index (χ3n) is 0. The topological polar surface area (TPSA) is 9.23 Å². The first-order chi connectivity index (χ1) is 2.83. The van der Waals surface area contributed by atoms with Gasteiger partial charge in [0.05, 0.1) is 0 Å². The average molecular weight is 413 g/mol. The van der Waals surface area contributed by atoms with Gasteiger partial charge in [-0.05, 0) is 0 Å². The number of ether oxygens (including phenoxy) is 1. The summed E-state index contributed by atoms with van der Waals surface area (Å²) in [6.45, 7) is 0. The molecule has 0 aliphatic rings. The molecule has 0 bridgehead atoms. The number of rotatable bonds is 0. The van der Waals surface area contributed by atoms with Crippen LogP contribution in [0.5, 0.6) is 0 Å². The molecular formula is C2H6Br2OPb. The Balaban J connectivity index is 0. The predicted molar refractivity (Wildman–Crippen MR) is 36.5 cm³/mol. The van der Waals surface area contributed by atoms with Gasteiger partial charge in [-0.1, -0.05) is 0 Å². The Kier molecular flexibility index (Phi) is 28.4. The molecule has 0 aliphatic carbocycles. The van der Waals surface area contributed by atoms with E-state index in [1.807, 2.05) is 0 Å². The van der Waals surface area contributed by atoms with Crippen LogP contribution in [0.3, 0.4) is 0 Å². The number of hydrogen-bond donors (Lipinski definition) is 0. The van der Waals surface area contributed by atoms with E-state index in [4.69, 9.17) is 0 Å². The zero-order valence-electron chi connectivity index (χ0n) is 3.66. The van der Waals surface area contributed by atoms with Crippen molar-refractivity contribution in [3.05, 3.63) is 0 Å². The van der Waals surface area contributed by atoms with E-state index in [0.29, 0.717) is 0 Å². The van der Waals surface area contributed by atoms with E-state index in [1.54, 1.807) is 14.2 Å². The summed E-state index contributed by atoms with van der Waals surface area (Å²) < 4.78 is 4.25. The predicted octanol–water partition coefficient (Wildman–Crippen LogP) is 1.57. The first-order valence-corrected chi connectivity index (χ1v) is 18.1. The third kappa shape index (κ3) is 40.4. The normalized spacial score (nSPS) is 6.00. The van der Waals surface area contributed by atoms with Crippen molar-refractivity contribution in [3.8, 4) is 0 Å². The molecule has 0 heterocycles. The molecule has 0 saturated heterocycles. The van der Waals surface area contributed by atoms with E-state index in [0.717, 1.165) is 0 Å². The summed E-state index contributed by atoms with van der Waals surface area (Å²) in [7, 11) is 3.25. The molecule has 0 amide bonds. The van der Waals surface area contributed by atoms with Crippen LogP contribution in [0.2, 0.25) is 0 Å². The molecule has 0 rings (SSSR count). The molecule has 0 aromatic rings. The van der Waals surface area contributed by atoms with Crippen molar-refractivity contribution in [3.63, 3.8) is 0 Å². The molecule has 0 aliphatic heterocycles. The first kappa shape index (κ1) is 10.8. The van der Waals surface area contributed by atoms with Crippen LogP contribution in [0.4, 0.5) is 0 Å². The van der Waals surface area contributed by atoms with Gasteiger partial charge in [-0.15, -0.1) is 0 Å². The quantitative estimate of drug-likeness (QED) is 0.549. The minimum absolute atomic E-state index is 0.292. The summed E-state index contributed by atoms with van der Waals surface area (Å²) in [6.07, 6.45) is 0. The number of halogens is 2. The summed E-state index contributed by atoms with van der Waals surface area (Å²) in [5, 5.41) is 0. The molecule has 0 saturated carbocycles. The van der Waals surface area contributed by atoms with Gasteiger partial charge in [-0.25, -0.2) is 0 Å². The average Bonchev–Trinajstić information content (AvgIpc) is 1.39. The van der Waals surface area contributed by atoms with E-state index < -0.39 is 0 Å². The zero-order valence-corrected chi connectivity index (χ0v) is 10.7. The molecule has 0 atom stereocenters. The van der Waals surface area contributed by atoms with Crippen molar-refractivity contribution in [1.29, 1.82) is 0 Å². The van der Waals surface area contributed by atoms with Gasteiger partial charge in [0.15, 0.2) is 0 Å². The van der Waals surface area contributed by atoms with Crippen LogP contribution in [0.25, 0.3) is 0 Å². The molecule has 0 unspecified atom stereocenters. The Morgan fingerprint density at radius 3 is 1.33 bits per heavy atom. The Morgan fingerprint density at radius 1 is 1.33 bits per heavy atom. The fourth-order valence-electron chi connectivity index (χ4n) is 0. The summed E-state index contributed by atoms with van der Waals surface area (Å²) >= 11 is 6.22. The molecule has 1 nitrogen and oxygen atoms in total. The number of hydrogen-bond acceptors (Lipinski definition) is 1. The standard InChI is InChI=1S/C2H6O.2BrH.Pb/c1-3-2;;;/h1-2H3;2*1H;/q;;;+2/p-2. The van der Waals surface area contributed by atoms with Gasteiger partial charge in [0.1, 0.15) is 0 Å². The fourth-order valence-corrected chi connectivity index (χ4v) is 0. The van der Waals surface area contributed by atoms with Crippen molar-refractivity contribution in [2.24, 2.45) is 0 Å². The van der Waals surface area contributed by atoms with Crippen LogP contribution < -0.4 is 0 Å². The fraction of sp³-hybridized carbons (Fsp3) is 1.00. The van der Waals surface area contributed by atoms with Crippen molar-refractivity contribution in [1.82, 2.24) is 0 Å². The van der Waals surface area contributed by atoms with Gasteiger partial charge < -0.3 is 4.74 Å². The van der Waals surface area contributed by atoms with Gasteiger partial charge in [0.25, 0.3) is 0 Å². The van der Waals surface area contributed by atoms with Gasteiger partial charge >= 0.3 is 43.4 Å². The zero-order chi connectivity index (χ0) is 5.41. The van der Waals surface area contributed by atoms with Crippen LogP contribution in [0.15, 0.2) is 0 Å². The number of methoxy groups -OCH3 is 1. The molecule has 0 fully saturated rings. The molecule has 38 valence electrons. The van der Waals surface area contributed by atoms with Crippen LogP contribution >= 0.6 is 24.0 Å². The van der Waals surface area contributed by atoms with Gasteiger partial charge in [-0.3, -0.25) is 0 Å². The second kappa shape index (κ2) is 15.8. The first-order valence-electron chi connectivity index (χ1n) is 1.19. The molecule has 0 aromatic carbocycles. The van der Waals surface area contributed by atoms with Crippen molar-refractivity contribution in [2.75, 3.05) is 14.2 Å². The Labute approximate surface area is 61.7 Å². The Bertz CT molecular complexity index is 13.5.